The van der Waals surface area contributed by atoms with Gasteiger partial charge in [0.2, 0.25) is 0 Å². The summed E-state index contributed by atoms with van der Waals surface area (Å²) in [5.74, 6) is 0.192. The standard InChI is InChI=1S/C24H15N3O3S/c25-15-17-8-6-16(7-9-17)14-21-22(28)26-24(31)27(23(21)29)18-10-12-20(13-11-18)30-19-4-2-1-3-5-19/h1-14H,(H,26,28,31)/b21-14-. The molecule has 4 rings (SSSR count). The Morgan fingerprint density at radius 1 is 0.903 bits per heavy atom. The van der Waals surface area contributed by atoms with Crippen LogP contribution in [0.5, 0.6) is 11.5 Å². The molecule has 31 heavy (non-hydrogen) atoms. The second-order valence-corrected chi connectivity index (χ2v) is 6.99. The number of amides is 2. The highest BCUT2D eigenvalue weighted by Gasteiger charge is 2.34. The molecule has 0 spiro atoms. The van der Waals surface area contributed by atoms with Crippen LogP contribution in [-0.4, -0.2) is 16.9 Å². The lowest BCUT2D eigenvalue weighted by atomic mass is 10.1. The average molecular weight is 425 g/mol. The Bertz CT molecular complexity index is 1230. The molecule has 0 atom stereocenters. The van der Waals surface area contributed by atoms with Crippen molar-refractivity contribution in [2.45, 2.75) is 0 Å². The molecule has 0 saturated carbocycles. The van der Waals surface area contributed by atoms with Gasteiger partial charge in [-0.25, -0.2) is 0 Å². The molecule has 1 aliphatic rings. The number of benzene rings is 3. The molecule has 3 aromatic rings. The van der Waals surface area contributed by atoms with E-state index in [9.17, 15) is 9.59 Å². The van der Waals surface area contributed by atoms with E-state index in [1.807, 2.05) is 36.4 Å². The maximum absolute atomic E-state index is 13.1. The predicted molar refractivity (Wildman–Crippen MR) is 120 cm³/mol. The second kappa shape index (κ2) is 8.61. The number of carbonyl (C=O) groups excluding carboxylic acids is 2. The Labute approximate surface area is 184 Å². The van der Waals surface area contributed by atoms with Gasteiger partial charge in [-0.3, -0.25) is 19.8 Å². The van der Waals surface area contributed by atoms with E-state index >= 15 is 0 Å². The average Bonchev–Trinajstić information content (AvgIpc) is 2.79. The zero-order chi connectivity index (χ0) is 21.8. The van der Waals surface area contributed by atoms with Gasteiger partial charge in [0.25, 0.3) is 11.8 Å². The van der Waals surface area contributed by atoms with Crippen LogP contribution < -0.4 is 15.0 Å². The van der Waals surface area contributed by atoms with Crippen molar-refractivity contribution in [3.05, 3.63) is 95.6 Å². The summed E-state index contributed by atoms with van der Waals surface area (Å²) >= 11 is 5.23. The molecule has 0 aromatic heterocycles. The third kappa shape index (κ3) is 4.34. The van der Waals surface area contributed by atoms with Crippen molar-refractivity contribution in [2.24, 2.45) is 0 Å². The summed E-state index contributed by atoms with van der Waals surface area (Å²) in [5, 5.41) is 11.5. The minimum absolute atomic E-state index is 0.00343. The molecule has 0 radical (unpaired) electrons. The van der Waals surface area contributed by atoms with Crippen LogP contribution in [-0.2, 0) is 9.59 Å². The third-order valence-electron chi connectivity index (χ3n) is 4.53. The van der Waals surface area contributed by atoms with Gasteiger partial charge in [-0.15, -0.1) is 0 Å². The number of hydrogen-bond acceptors (Lipinski definition) is 5. The maximum atomic E-state index is 13.1. The number of rotatable bonds is 4. The Hall–Kier alpha value is -4.28. The van der Waals surface area contributed by atoms with Crippen LogP contribution >= 0.6 is 12.2 Å². The lowest BCUT2D eigenvalue weighted by Crippen LogP contribution is -2.54. The first-order valence-corrected chi connectivity index (χ1v) is 9.70. The van der Waals surface area contributed by atoms with Crippen LogP contribution in [0, 0.1) is 11.3 Å². The van der Waals surface area contributed by atoms with Crippen molar-refractivity contribution in [1.82, 2.24) is 5.32 Å². The largest absolute Gasteiger partial charge is 0.457 e. The van der Waals surface area contributed by atoms with Gasteiger partial charge in [-0.05, 0) is 72.4 Å². The monoisotopic (exact) mass is 425 g/mol. The number of carbonyl (C=O) groups is 2. The normalized spacial score (nSPS) is 14.9. The molecule has 1 saturated heterocycles. The van der Waals surface area contributed by atoms with Gasteiger partial charge >= 0.3 is 0 Å². The molecule has 6 nitrogen and oxygen atoms in total. The first-order chi connectivity index (χ1) is 15.0. The minimum atomic E-state index is -0.570. The van der Waals surface area contributed by atoms with Crippen LogP contribution in [0.4, 0.5) is 5.69 Å². The van der Waals surface area contributed by atoms with E-state index < -0.39 is 11.8 Å². The molecule has 1 fully saturated rings. The number of ether oxygens (including phenoxy) is 1. The lowest BCUT2D eigenvalue weighted by molar-refractivity contribution is -0.122. The van der Waals surface area contributed by atoms with Gasteiger partial charge in [0.05, 0.1) is 17.3 Å². The smallest absolute Gasteiger partial charge is 0.270 e. The molecule has 0 aliphatic carbocycles. The molecule has 0 bridgehead atoms. The fraction of sp³-hybridized carbons (Fsp3) is 0. The van der Waals surface area contributed by atoms with Gasteiger partial charge in [0.1, 0.15) is 17.1 Å². The molecule has 150 valence electrons. The molecule has 7 heteroatoms. The van der Waals surface area contributed by atoms with E-state index in [4.69, 9.17) is 22.2 Å². The van der Waals surface area contributed by atoms with Gasteiger partial charge in [-0.1, -0.05) is 30.3 Å². The van der Waals surface area contributed by atoms with Crippen molar-refractivity contribution in [1.29, 1.82) is 5.26 Å². The minimum Gasteiger partial charge on any atom is -0.457 e. The Balaban J connectivity index is 1.59. The fourth-order valence-corrected chi connectivity index (χ4v) is 3.28. The first kappa shape index (κ1) is 20.0. The summed E-state index contributed by atoms with van der Waals surface area (Å²) in [7, 11) is 0. The quantitative estimate of drug-likeness (QED) is 0.385. The lowest BCUT2D eigenvalue weighted by Gasteiger charge is -2.29. The maximum Gasteiger partial charge on any atom is 0.270 e. The van der Waals surface area contributed by atoms with E-state index in [0.29, 0.717) is 28.3 Å². The number of thiocarbonyl (C=S) groups is 1. The predicted octanol–water partition coefficient (Wildman–Crippen LogP) is 4.18. The summed E-state index contributed by atoms with van der Waals surface area (Å²) in [4.78, 5) is 26.7. The van der Waals surface area contributed by atoms with Crippen molar-refractivity contribution < 1.29 is 14.3 Å². The number of nitrogens with one attached hydrogen (secondary N) is 1. The number of para-hydroxylation sites is 1. The Kier molecular flexibility index (Phi) is 5.56. The number of anilines is 1. The molecule has 2 amide bonds. The summed E-state index contributed by atoms with van der Waals surface area (Å²) in [6.07, 6.45) is 1.47. The number of nitrogens with zero attached hydrogens (tertiary/aromatic N) is 2. The van der Waals surface area contributed by atoms with Gasteiger partial charge in [0, 0.05) is 0 Å². The Morgan fingerprint density at radius 2 is 1.55 bits per heavy atom. The third-order valence-corrected chi connectivity index (χ3v) is 4.81. The van der Waals surface area contributed by atoms with E-state index in [2.05, 4.69) is 5.32 Å². The molecular weight excluding hydrogens is 410 g/mol. The zero-order valence-corrected chi connectivity index (χ0v) is 16.9. The summed E-state index contributed by atoms with van der Waals surface area (Å²) in [6, 6.07) is 24.7. The van der Waals surface area contributed by atoms with Crippen LogP contribution in [0.25, 0.3) is 6.08 Å². The van der Waals surface area contributed by atoms with Gasteiger partial charge < -0.3 is 4.74 Å². The van der Waals surface area contributed by atoms with E-state index in [-0.39, 0.29) is 10.7 Å². The van der Waals surface area contributed by atoms with Gasteiger partial charge in [-0.2, -0.15) is 5.26 Å². The highest BCUT2D eigenvalue weighted by atomic mass is 32.1. The molecule has 1 aliphatic heterocycles. The molecular formula is C24H15N3O3S. The van der Waals surface area contributed by atoms with Crippen molar-refractivity contribution in [2.75, 3.05) is 4.90 Å². The molecule has 0 unspecified atom stereocenters. The van der Waals surface area contributed by atoms with E-state index in [1.165, 1.54) is 11.0 Å². The number of hydrogen-bond donors (Lipinski definition) is 1. The second-order valence-electron chi connectivity index (χ2n) is 6.60. The van der Waals surface area contributed by atoms with Crippen molar-refractivity contribution in [3.63, 3.8) is 0 Å². The van der Waals surface area contributed by atoms with E-state index in [0.717, 1.165) is 0 Å². The van der Waals surface area contributed by atoms with Crippen LogP contribution in [0.1, 0.15) is 11.1 Å². The topological polar surface area (TPSA) is 82.4 Å². The summed E-state index contributed by atoms with van der Waals surface area (Å²) < 4.78 is 5.77. The number of nitriles is 1. The SMILES string of the molecule is N#Cc1ccc(/C=C2/C(=O)NC(=S)N(c3ccc(Oc4ccccc4)cc3)C2=O)cc1. The van der Waals surface area contributed by atoms with Gasteiger partial charge in [0.15, 0.2) is 5.11 Å². The van der Waals surface area contributed by atoms with Crippen LogP contribution in [0.2, 0.25) is 0 Å². The highest BCUT2D eigenvalue weighted by molar-refractivity contribution is 7.80. The molecule has 1 heterocycles. The zero-order valence-electron chi connectivity index (χ0n) is 16.1. The summed E-state index contributed by atoms with van der Waals surface area (Å²) in [6.45, 7) is 0. The molecule has 1 N–H and O–H groups in total. The van der Waals surface area contributed by atoms with Crippen LogP contribution in [0.3, 0.4) is 0 Å². The molecule has 3 aromatic carbocycles. The fourth-order valence-electron chi connectivity index (χ4n) is 3.00. The van der Waals surface area contributed by atoms with Crippen molar-refractivity contribution in [3.8, 4) is 17.6 Å². The highest BCUT2D eigenvalue weighted by Crippen LogP contribution is 2.27. The first-order valence-electron chi connectivity index (χ1n) is 9.30. The summed E-state index contributed by atoms with van der Waals surface area (Å²) in [5.41, 5.74) is 1.56. The van der Waals surface area contributed by atoms with Crippen LogP contribution in [0.15, 0.2) is 84.4 Å². The van der Waals surface area contributed by atoms with Crippen molar-refractivity contribution >= 4 is 40.9 Å². The Morgan fingerprint density at radius 3 is 2.19 bits per heavy atom. The van der Waals surface area contributed by atoms with E-state index in [1.54, 1.807) is 48.5 Å².